The van der Waals surface area contributed by atoms with E-state index in [9.17, 15) is 19.5 Å². The highest BCUT2D eigenvalue weighted by molar-refractivity contribution is 9.10. The van der Waals surface area contributed by atoms with E-state index in [-0.39, 0.29) is 24.5 Å². The first-order valence-corrected chi connectivity index (χ1v) is 14.6. The third kappa shape index (κ3) is 5.57. The van der Waals surface area contributed by atoms with E-state index < -0.39 is 11.9 Å². The molecule has 3 aliphatic rings. The number of allylic oxidation sites excluding steroid dienone is 4. The molecule has 0 amide bonds. The second kappa shape index (κ2) is 11.7. The molecule has 2 aromatic rings. The zero-order chi connectivity index (χ0) is 27.7. The molecule has 0 spiro atoms. The van der Waals surface area contributed by atoms with Crippen molar-refractivity contribution in [3.05, 3.63) is 79.0 Å². The summed E-state index contributed by atoms with van der Waals surface area (Å²) in [4.78, 5) is 40.3. The monoisotopic (exact) mass is 657 g/mol. The van der Waals surface area contributed by atoms with Gasteiger partial charge in [-0.25, -0.2) is 0 Å². The highest BCUT2D eigenvalue weighted by atomic mass is 79.9. The van der Waals surface area contributed by atoms with Crippen LogP contribution < -0.4 is 9.47 Å². The standard InChI is InChI=1S/C30H29Br2NO6/c1-38-25-15-18(14-20(32)30(25)39-16-17-8-10-19(31)11-9-17)27-28-21(4-2-6-23(28)34)33(13-12-26(36)37)22-5-3-7-24(35)29(22)27/h8-11,14-15,27H,2-7,12-13,16H2,1H3,(H,36,37). The van der Waals surface area contributed by atoms with Crippen LogP contribution in [0.1, 0.15) is 62.0 Å². The van der Waals surface area contributed by atoms with E-state index in [1.165, 1.54) is 0 Å². The van der Waals surface area contributed by atoms with Crippen LogP contribution in [-0.4, -0.2) is 41.2 Å². The van der Waals surface area contributed by atoms with E-state index in [2.05, 4.69) is 31.9 Å². The van der Waals surface area contributed by atoms with Gasteiger partial charge >= 0.3 is 5.97 Å². The van der Waals surface area contributed by atoms with Crippen LogP contribution in [0.3, 0.4) is 0 Å². The van der Waals surface area contributed by atoms with E-state index in [0.29, 0.717) is 72.2 Å². The number of halogens is 2. The smallest absolute Gasteiger partial charge is 0.305 e. The molecule has 0 fully saturated rings. The van der Waals surface area contributed by atoms with E-state index in [1.54, 1.807) is 7.11 Å². The van der Waals surface area contributed by atoms with Gasteiger partial charge in [0.2, 0.25) is 0 Å². The molecule has 9 heteroatoms. The zero-order valence-electron chi connectivity index (χ0n) is 21.6. The van der Waals surface area contributed by atoms with Crippen LogP contribution in [0.25, 0.3) is 0 Å². The van der Waals surface area contributed by atoms with Gasteiger partial charge in [0.25, 0.3) is 0 Å². The molecule has 204 valence electrons. The Morgan fingerprint density at radius 1 is 0.974 bits per heavy atom. The van der Waals surface area contributed by atoms with E-state index in [0.717, 1.165) is 27.0 Å². The molecule has 0 saturated heterocycles. The van der Waals surface area contributed by atoms with E-state index >= 15 is 0 Å². The Balaban J connectivity index is 1.58. The highest BCUT2D eigenvalue weighted by Crippen LogP contribution is 2.51. The Bertz CT molecular complexity index is 1350. The van der Waals surface area contributed by atoms with E-state index in [4.69, 9.17) is 9.47 Å². The molecule has 0 unspecified atom stereocenters. The van der Waals surface area contributed by atoms with Gasteiger partial charge in [-0.2, -0.15) is 0 Å². The molecule has 1 N–H and O–H groups in total. The van der Waals surface area contributed by atoms with Gasteiger partial charge in [0, 0.05) is 52.3 Å². The fourth-order valence-electron chi connectivity index (χ4n) is 5.81. The third-order valence-electron chi connectivity index (χ3n) is 7.52. The summed E-state index contributed by atoms with van der Waals surface area (Å²) in [5, 5.41) is 9.39. The van der Waals surface area contributed by atoms with Crippen molar-refractivity contribution in [2.45, 2.75) is 57.5 Å². The molecule has 0 bridgehead atoms. The average Bonchev–Trinajstić information content (AvgIpc) is 2.91. The van der Waals surface area contributed by atoms with Crippen LogP contribution in [0.15, 0.2) is 67.9 Å². The lowest BCUT2D eigenvalue weighted by Crippen LogP contribution is -2.39. The lowest BCUT2D eigenvalue weighted by atomic mass is 9.71. The molecule has 39 heavy (non-hydrogen) atoms. The maximum Gasteiger partial charge on any atom is 0.305 e. The maximum atomic E-state index is 13.5. The number of nitrogens with zero attached hydrogens (tertiary/aromatic N) is 1. The van der Waals surface area contributed by atoms with Crippen molar-refractivity contribution >= 4 is 49.4 Å². The highest BCUT2D eigenvalue weighted by Gasteiger charge is 2.43. The van der Waals surface area contributed by atoms with Crippen molar-refractivity contribution in [2.75, 3.05) is 13.7 Å². The fourth-order valence-corrected chi connectivity index (χ4v) is 6.65. The number of benzene rings is 2. The van der Waals surface area contributed by atoms with Gasteiger partial charge in [-0.1, -0.05) is 28.1 Å². The molecule has 1 heterocycles. The lowest BCUT2D eigenvalue weighted by molar-refractivity contribution is -0.137. The number of Topliss-reactive ketones (excluding diaryl/α,β-unsaturated/α-hetero) is 2. The van der Waals surface area contributed by atoms with Gasteiger partial charge in [-0.05, 0) is 77.0 Å². The zero-order valence-corrected chi connectivity index (χ0v) is 24.8. The topological polar surface area (TPSA) is 93.1 Å². The van der Waals surface area contributed by atoms with Gasteiger partial charge in [0.1, 0.15) is 6.61 Å². The van der Waals surface area contributed by atoms with E-state index in [1.807, 2.05) is 41.3 Å². The number of hydrogen-bond donors (Lipinski definition) is 1. The minimum Gasteiger partial charge on any atom is -0.493 e. The molecular weight excluding hydrogens is 630 g/mol. The number of aliphatic carboxylic acids is 1. The molecule has 2 aromatic carbocycles. The number of carbonyl (C=O) groups is 3. The summed E-state index contributed by atoms with van der Waals surface area (Å²) in [5.41, 5.74) is 4.71. The quantitative estimate of drug-likeness (QED) is 0.338. The number of ketones is 2. The van der Waals surface area contributed by atoms with Crippen LogP contribution in [0.4, 0.5) is 0 Å². The number of carbonyl (C=O) groups excluding carboxylic acids is 2. The Kier molecular flexibility index (Phi) is 8.28. The number of hydrogen-bond acceptors (Lipinski definition) is 6. The molecular formula is C30H29Br2NO6. The summed E-state index contributed by atoms with van der Waals surface area (Å²) in [7, 11) is 1.57. The number of carboxylic acid groups (broad SMARTS) is 1. The van der Waals surface area contributed by atoms with Gasteiger partial charge in [0.15, 0.2) is 23.1 Å². The second-order valence-corrected chi connectivity index (χ2v) is 11.7. The predicted octanol–water partition coefficient (Wildman–Crippen LogP) is 6.69. The fraction of sp³-hybridized carbons (Fsp3) is 0.367. The van der Waals surface area contributed by atoms with Crippen LogP contribution in [-0.2, 0) is 21.0 Å². The van der Waals surface area contributed by atoms with Crippen molar-refractivity contribution < 1.29 is 29.0 Å². The van der Waals surface area contributed by atoms with Gasteiger partial charge < -0.3 is 19.5 Å². The Morgan fingerprint density at radius 2 is 1.59 bits per heavy atom. The minimum atomic E-state index is -0.905. The molecule has 5 rings (SSSR count). The Morgan fingerprint density at radius 3 is 2.15 bits per heavy atom. The van der Waals surface area contributed by atoms with Gasteiger partial charge in [0.05, 0.1) is 18.0 Å². The Labute approximate surface area is 244 Å². The summed E-state index contributed by atoms with van der Waals surface area (Å²) in [6.07, 6.45) is 3.52. The van der Waals surface area contributed by atoms with Crippen molar-refractivity contribution in [3.8, 4) is 11.5 Å². The second-order valence-electron chi connectivity index (χ2n) is 9.95. The van der Waals surface area contributed by atoms with Crippen molar-refractivity contribution in [1.29, 1.82) is 0 Å². The minimum absolute atomic E-state index is 0.0113. The Hall–Kier alpha value is -2.91. The van der Waals surface area contributed by atoms with Crippen LogP contribution in [0.2, 0.25) is 0 Å². The number of rotatable bonds is 8. The predicted molar refractivity (Wildman–Crippen MR) is 153 cm³/mol. The van der Waals surface area contributed by atoms with Crippen LogP contribution in [0.5, 0.6) is 11.5 Å². The molecule has 0 atom stereocenters. The third-order valence-corrected chi connectivity index (χ3v) is 8.63. The lowest BCUT2D eigenvalue weighted by Gasteiger charge is -2.44. The summed E-state index contributed by atoms with van der Waals surface area (Å²) >= 11 is 7.10. The molecule has 0 radical (unpaired) electrons. The summed E-state index contributed by atoms with van der Waals surface area (Å²) < 4.78 is 13.5. The molecule has 7 nitrogen and oxygen atoms in total. The van der Waals surface area contributed by atoms with Gasteiger partial charge in [-0.15, -0.1) is 0 Å². The first kappa shape index (κ1) is 27.6. The average molecular weight is 659 g/mol. The van der Waals surface area contributed by atoms with Crippen molar-refractivity contribution in [1.82, 2.24) is 4.90 Å². The largest absolute Gasteiger partial charge is 0.493 e. The first-order valence-electron chi connectivity index (χ1n) is 13.0. The summed E-state index contributed by atoms with van der Waals surface area (Å²) in [6, 6.07) is 11.6. The van der Waals surface area contributed by atoms with Crippen LogP contribution >= 0.6 is 31.9 Å². The molecule has 0 aromatic heterocycles. The number of carboxylic acids is 1. The first-order chi connectivity index (χ1) is 18.8. The normalized spacial score (nSPS) is 17.8. The SMILES string of the molecule is COc1cc(C2C3=C(CCCC3=O)N(CCC(=O)O)C3=C2C(=O)CCC3)cc(Br)c1OCc1ccc(Br)cc1. The summed E-state index contributed by atoms with van der Waals surface area (Å²) in [5.74, 6) is -0.369. The van der Waals surface area contributed by atoms with Crippen molar-refractivity contribution in [2.24, 2.45) is 0 Å². The van der Waals surface area contributed by atoms with Crippen LogP contribution in [0, 0.1) is 0 Å². The summed E-state index contributed by atoms with van der Waals surface area (Å²) in [6.45, 7) is 0.585. The van der Waals surface area contributed by atoms with Crippen molar-refractivity contribution in [3.63, 3.8) is 0 Å². The molecule has 2 aliphatic carbocycles. The number of ether oxygens (including phenoxy) is 2. The molecule has 0 saturated carbocycles. The maximum absolute atomic E-state index is 13.5. The number of methoxy groups -OCH3 is 1. The molecule has 1 aliphatic heterocycles. The van der Waals surface area contributed by atoms with Gasteiger partial charge in [-0.3, -0.25) is 14.4 Å².